The number of pyridine rings is 1. The predicted molar refractivity (Wildman–Crippen MR) is 81.3 cm³/mol. The predicted octanol–water partition coefficient (Wildman–Crippen LogP) is 1.38. The number of anilines is 2. The number of aromatic amines is 1. The first-order valence-electron chi connectivity index (χ1n) is 6.91. The number of carbonyl (C=O) groups excluding carboxylic acids is 1. The van der Waals surface area contributed by atoms with Crippen LogP contribution in [0.25, 0.3) is 0 Å². The molecule has 112 valence electrons. The highest BCUT2D eigenvalue weighted by Gasteiger charge is 2.16. The number of aryl methyl sites for hydroxylation is 2. The molecule has 0 aliphatic heterocycles. The zero-order chi connectivity index (χ0) is 15.4. The minimum atomic E-state index is -0.398. The second-order valence-electron chi connectivity index (χ2n) is 4.72. The van der Waals surface area contributed by atoms with Gasteiger partial charge in [-0.1, -0.05) is 13.8 Å². The van der Waals surface area contributed by atoms with Crippen LogP contribution in [-0.4, -0.2) is 20.7 Å². The molecule has 0 saturated carbocycles. The van der Waals surface area contributed by atoms with E-state index in [1.165, 1.54) is 6.07 Å². The van der Waals surface area contributed by atoms with E-state index >= 15 is 0 Å². The van der Waals surface area contributed by atoms with E-state index in [0.717, 1.165) is 12.1 Å². The zero-order valence-electron chi connectivity index (χ0n) is 12.1. The van der Waals surface area contributed by atoms with E-state index < -0.39 is 5.91 Å². The summed E-state index contributed by atoms with van der Waals surface area (Å²) < 4.78 is 1.56. The molecule has 0 spiro atoms. The van der Waals surface area contributed by atoms with Crippen LogP contribution in [0, 0.1) is 0 Å². The van der Waals surface area contributed by atoms with Crippen molar-refractivity contribution in [3.8, 4) is 0 Å². The number of carbonyl (C=O) groups is 1. The Morgan fingerprint density at radius 3 is 2.81 bits per heavy atom. The second-order valence-corrected chi connectivity index (χ2v) is 4.72. The number of hydrogen-bond acceptors (Lipinski definition) is 4. The van der Waals surface area contributed by atoms with Gasteiger partial charge < -0.3 is 15.6 Å². The van der Waals surface area contributed by atoms with E-state index in [0.29, 0.717) is 24.3 Å². The van der Waals surface area contributed by atoms with Crippen LogP contribution in [0.3, 0.4) is 0 Å². The molecule has 0 fully saturated rings. The summed E-state index contributed by atoms with van der Waals surface area (Å²) in [6.45, 7) is 4.51. The third kappa shape index (κ3) is 3.13. The highest BCUT2D eigenvalue weighted by Crippen LogP contribution is 2.16. The first kappa shape index (κ1) is 14.8. The number of hydrogen-bond donors (Lipinski definition) is 3. The van der Waals surface area contributed by atoms with Gasteiger partial charge in [-0.15, -0.1) is 0 Å². The molecule has 7 heteroatoms. The van der Waals surface area contributed by atoms with Crippen LogP contribution in [0.2, 0.25) is 0 Å². The molecule has 2 heterocycles. The standard InChI is InChI=1S/C14H19N5O2/c1-3-7-19-8-9(5-6-11(19)20)16-14(21)13-12(15)10(4-2)17-18-13/h5-6,8H,3-4,7,15H2,1-2H3,(H,16,21)(H,17,18). The molecule has 21 heavy (non-hydrogen) atoms. The molecular weight excluding hydrogens is 270 g/mol. The van der Waals surface area contributed by atoms with Crippen molar-refractivity contribution >= 4 is 17.3 Å². The third-order valence-electron chi connectivity index (χ3n) is 3.16. The Bertz CT molecular complexity index is 702. The molecule has 1 amide bonds. The van der Waals surface area contributed by atoms with Crippen molar-refractivity contribution in [1.82, 2.24) is 14.8 Å². The Balaban J connectivity index is 2.21. The maximum Gasteiger partial charge on any atom is 0.278 e. The van der Waals surface area contributed by atoms with Gasteiger partial charge in [0, 0.05) is 18.8 Å². The van der Waals surface area contributed by atoms with E-state index in [2.05, 4.69) is 15.5 Å². The van der Waals surface area contributed by atoms with Gasteiger partial charge in [-0.25, -0.2) is 0 Å². The molecule has 0 radical (unpaired) electrons. The average molecular weight is 289 g/mol. The van der Waals surface area contributed by atoms with Crippen molar-refractivity contribution in [2.24, 2.45) is 0 Å². The Morgan fingerprint density at radius 2 is 2.19 bits per heavy atom. The van der Waals surface area contributed by atoms with Crippen LogP contribution in [0.4, 0.5) is 11.4 Å². The number of nitrogens with zero attached hydrogens (tertiary/aromatic N) is 2. The number of amides is 1. The van der Waals surface area contributed by atoms with Gasteiger partial charge in [0.25, 0.3) is 11.5 Å². The van der Waals surface area contributed by atoms with Crippen molar-refractivity contribution in [1.29, 1.82) is 0 Å². The number of rotatable bonds is 5. The van der Waals surface area contributed by atoms with Crippen LogP contribution >= 0.6 is 0 Å². The van der Waals surface area contributed by atoms with E-state index in [4.69, 9.17) is 5.73 Å². The van der Waals surface area contributed by atoms with Crippen molar-refractivity contribution in [2.75, 3.05) is 11.1 Å². The number of nitrogen functional groups attached to an aromatic ring is 1. The molecule has 7 nitrogen and oxygen atoms in total. The lowest BCUT2D eigenvalue weighted by Crippen LogP contribution is -2.21. The van der Waals surface area contributed by atoms with Gasteiger partial charge in [-0.3, -0.25) is 14.7 Å². The van der Waals surface area contributed by atoms with Gasteiger partial charge in [0.15, 0.2) is 5.69 Å². The number of nitrogens with one attached hydrogen (secondary N) is 2. The topological polar surface area (TPSA) is 106 Å². The first-order chi connectivity index (χ1) is 10.1. The Hall–Kier alpha value is -2.57. The Morgan fingerprint density at radius 1 is 1.43 bits per heavy atom. The van der Waals surface area contributed by atoms with Crippen LogP contribution in [0.1, 0.15) is 36.5 Å². The lowest BCUT2D eigenvalue weighted by molar-refractivity contribution is 0.102. The lowest BCUT2D eigenvalue weighted by Gasteiger charge is -2.08. The molecular formula is C14H19N5O2. The molecule has 0 bridgehead atoms. The normalized spacial score (nSPS) is 10.6. The summed E-state index contributed by atoms with van der Waals surface area (Å²) in [6.07, 6.45) is 3.13. The van der Waals surface area contributed by atoms with Gasteiger partial charge in [-0.2, -0.15) is 5.10 Å². The SMILES string of the molecule is CCCn1cc(NC(=O)c2n[nH]c(CC)c2N)ccc1=O. The van der Waals surface area contributed by atoms with Gasteiger partial charge in [0.2, 0.25) is 0 Å². The van der Waals surface area contributed by atoms with E-state index in [-0.39, 0.29) is 11.3 Å². The number of H-pyrrole nitrogens is 1. The summed E-state index contributed by atoms with van der Waals surface area (Å²) in [6, 6.07) is 2.99. The Labute approximate surface area is 122 Å². The van der Waals surface area contributed by atoms with Gasteiger partial charge in [-0.05, 0) is 18.9 Å². The van der Waals surface area contributed by atoms with Crippen LogP contribution in [-0.2, 0) is 13.0 Å². The van der Waals surface area contributed by atoms with Crippen molar-refractivity contribution in [2.45, 2.75) is 33.2 Å². The van der Waals surface area contributed by atoms with Crippen molar-refractivity contribution < 1.29 is 4.79 Å². The number of aromatic nitrogens is 3. The van der Waals surface area contributed by atoms with E-state index in [9.17, 15) is 9.59 Å². The molecule has 0 saturated heterocycles. The summed E-state index contributed by atoms with van der Waals surface area (Å²) in [4.78, 5) is 23.8. The quantitative estimate of drug-likeness (QED) is 0.773. The molecule has 0 aliphatic rings. The average Bonchev–Trinajstić information content (AvgIpc) is 2.84. The smallest absolute Gasteiger partial charge is 0.278 e. The third-order valence-corrected chi connectivity index (χ3v) is 3.16. The van der Waals surface area contributed by atoms with Crippen LogP contribution < -0.4 is 16.6 Å². The molecule has 0 aliphatic carbocycles. The van der Waals surface area contributed by atoms with E-state index in [1.54, 1.807) is 16.8 Å². The molecule has 4 N–H and O–H groups in total. The fraction of sp³-hybridized carbons (Fsp3) is 0.357. The molecule has 0 aromatic carbocycles. The van der Waals surface area contributed by atoms with Gasteiger partial charge >= 0.3 is 0 Å². The molecule has 0 unspecified atom stereocenters. The summed E-state index contributed by atoms with van der Waals surface area (Å²) in [5.41, 5.74) is 7.56. The highest BCUT2D eigenvalue weighted by atomic mass is 16.2. The lowest BCUT2D eigenvalue weighted by atomic mass is 10.2. The first-order valence-corrected chi connectivity index (χ1v) is 6.91. The molecule has 0 atom stereocenters. The molecule has 2 aromatic rings. The highest BCUT2D eigenvalue weighted by molar-refractivity contribution is 6.06. The monoisotopic (exact) mass is 289 g/mol. The Kier molecular flexibility index (Phi) is 4.42. The molecule has 2 rings (SSSR count). The van der Waals surface area contributed by atoms with Crippen LogP contribution in [0.15, 0.2) is 23.1 Å². The molecule has 2 aromatic heterocycles. The largest absolute Gasteiger partial charge is 0.395 e. The fourth-order valence-electron chi connectivity index (χ4n) is 2.04. The summed E-state index contributed by atoms with van der Waals surface area (Å²) >= 11 is 0. The fourth-order valence-corrected chi connectivity index (χ4v) is 2.04. The van der Waals surface area contributed by atoms with Crippen molar-refractivity contribution in [3.05, 3.63) is 40.1 Å². The minimum absolute atomic E-state index is 0.0950. The van der Waals surface area contributed by atoms with Gasteiger partial charge in [0.1, 0.15) is 0 Å². The maximum atomic E-state index is 12.2. The summed E-state index contributed by atoms with van der Waals surface area (Å²) in [5.74, 6) is -0.398. The second kappa shape index (κ2) is 6.25. The minimum Gasteiger partial charge on any atom is -0.395 e. The zero-order valence-corrected chi connectivity index (χ0v) is 12.1. The van der Waals surface area contributed by atoms with E-state index in [1.807, 2.05) is 13.8 Å². The number of nitrogens with two attached hydrogens (primary N) is 1. The van der Waals surface area contributed by atoms with Crippen molar-refractivity contribution in [3.63, 3.8) is 0 Å². The van der Waals surface area contributed by atoms with Crippen LogP contribution in [0.5, 0.6) is 0 Å². The summed E-state index contributed by atoms with van der Waals surface area (Å²) in [7, 11) is 0. The van der Waals surface area contributed by atoms with Gasteiger partial charge in [0.05, 0.1) is 17.1 Å². The summed E-state index contributed by atoms with van der Waals surface area (Å²) in [5, 5.41) is 9.37. The maximum absolute atomic E-state index is 12.2.